The molecular weight excluding hydrogens is 386 g/mol. The van der Waals surface area contributed by atoms with Gasteiger partial charge in [0.15, 0.2) is 6.10 Å². The van der Waals surface area contributed by atoms with Crippen molar-refractivity contribution in [3.63, 3.8) is 0 Å². The van der Waals surface area contributed by atoms with Crippen molar-refractivity contribution in [2.45, 2.75) is 89.3 Å². The van der Waals surface area contributed by atoms with Crippen LogP contribution in [0.4, 0.5) is 4.79 Å². The first kappa shape index (κ1) is 21.1. The zero-order valence-corrected chi connectivity index (χ0v) is 18.2. The molecule has 2 N–H and O–H groups in total. The molecule has 0 aromatic heterocycles. The average Bonchev–Trinajstić information content (AvgIpc) is 2.91. The Morgan fingerprint density at radius 2 is 1.63 bits per heavy atom. The number of carbonyl (C=O) groups is 4. The van der Waals surface area contributed by atoms with E-state index in [-0.39, 0.29) is 11.4 Å². The van der Waals surface area contributed by atoms with E-state index in [9.17, 15) is 19.2 Å². The summed E-state index contributed by atoms with van der Waals surface area (Å²) in [4.78, 5) is 50.9. The second kappa shape index (κ2) is 7.54. The molecule has 5 aliphatic rings. The fourth-order valence-electron chi connectivity index (χ4n) is 6.59. The van der Waals surface area contributed by atoms with E-state index in [1.165, 1.54) is 19.3 Å². The lowest BCUT2D eigenvalue weighted by atomic mass is 9.53. The van der Waals surface area contributed by atoms with Crippen LogP contribution in [0.1, 0.15) is 72.1 Å². The summed E-state index contributed by atoms with van der Waals surface area (Å²) in [6.07, 6.45) is 6.83. The Labute approximate surface area is 177 Å². The molecule has 4 bridgehead atoms. The first-order valence-corrected chi connectivity index (χ1v) is 11.3. The quantitative estimate of drug-likeness (QED) is 0.486. The van der Waals surface area contributed by atoms with E-state index in [0.717, 1.165) is 24.2 Å². The highest BCUT2D eigenvalue weighted by Gasteiger charge is 2.52. The molecule has 0 radical (unpaired) electrons. The van der Waals surface area contributed by atoms with Gasteiger partial charge in [-0.15, -0.1) is 0 Å². The molecule has 1 aliphatic heterocycles. The number of ether oxygens (including phenoxy) is 1. The summed E-state index contributed by atoms with van der Waals surface area (Å²) < 4.78 is 5.30. The number of nitrogens with zero attached hydrogens (tertiary/aromatic N) is 1. The third-order valence-electron chi connectivity index (χ3n) is 7.84. The van der Waals surface area contributed by atoms with Crippen LogP contribution < -0.4 is 10.6 Å². The molecule has 0 aromatic carbocycles. The highest BCUT2D eigenvalue weighted by atomic mass is 16.5. The third kappa shape index (κ3) is 3.58. The van der Waals surface area contributed by atoms with Crippen LogP contribution >= 0.6 is 0 Å². The average molecular weight is 420 g/mol. The van der Waals surface area contributed by atoms with Crippen molar-refractivity contribution < 1.29 is 23.9 Å². The lowest BCUT2D eigenvalue weighted by Gasteiger charge is -2.57. The molecule has 8 heteroatoms. The lowest BCUT2D eigenvalue weighted by molar-refractivity contribution is -0.158. The van der Waals surface area contributed by atoms with E-state index in [4.69, 9.17) is 4.74 Å². The van der Waals surface area contributed by atoms with Crippen LogP contribution in [0.25, 0.3) is 0 Å². The zero-order valence-electron chi connectivity index (χ0n) is 18.2. The molecule has 166 valence electrons. The third-order valence-corrected chi connectivity index (χ3v) is 7.84. The number of esters is 1. The standard InChI is InChI=1S/C22H33N3O5/c1-4-22(5-2)19(28)25(20(29)24-22)12-17(26)30-13(3)18(27)23-21-9-14-6-15(10-21)8-16(7-14)11-21/h13-16H,4-12H2,1-3H3,(H,23,27)(H,24,29)/t13-,14?,15?,16?,21?/m0/s1. The number of urea groups is 1. The molecule has 30 heavy (non-hydrogen) atoms. The van der Waals surface area contributed by atoms with Gasteiger partial charge in [0.1, 0.15) is 12.1 Å². The summed E-state index contributed by atoms with van der Waals surface area (Å²) in [5.41, 5.74) is -1.11. The van der Waals surface area contributed by atoms with Gasteiger partial charge in [-0.05, 0) is 76.0 Å². The number of imide groups is 1. The zero-order chi connectivity index (χ0) is 21.7. The number of carbonyl (C=O) groups excluding carboxylic acids is 4. The van der Waals surface area contributed by atoms with Crippen LogP contribution in [-0.4, -0.2) is 52.4 Å². The molecule has 4 amide bonds. The van der Waals surface area contributed by atoms with Crippen molar-refractivity contribution in [1.29, 1.82) is 0 Å². The minimum absolute atomic E-state index is 0.154. The Bertz CT molecular complexity index is 725. The van der Waals surface area contributed by atoms with Gasteiger partial charge in [-0.2, -0.15) is 0 Å². The summed E-state index contributed by atoms with van der Waals surface area (Å²) in [6.45, 7) is 4.70. The van der Waals surface area contributed by atoms with Crippen LogP contribution in [0.2, 0.25) is 0 Å². The van der Waals surface area contributed by atoms with Gasteiger partial charge in [-0.1, -0.05) is 13.8 Å². The topological polar surface area (TPSA) is 105 Å². The van der Waals surface area contributed by atoms with Gasteiger partial charge < -0.3 is 15.4 Å². The maximum Gasteiger partial charge on any atom is 0.327 e. The molecule has 1 heterocycles. The van der Waals surface area contributed by atoms with Gasteiger partial charge >= 0.3 is 12.0 Å². The smallest absolute Gasteiger partial charge is 0.327 e. The number of amides is 4. The summed E-state index contributed by atoms with van der Waals surface area (Å²) in [6, 6.07) is -0.591. The second-order valence-corrected chi connectivity index (χ2v) is 9.93. The molecule has 8 nitrogen and oxygen atoms in total. The summed E-state index contributed by atoms with van der Waals surface area (Å²) in [7, 11) is 0. The molecule has 4 saturated carbocycles. The first-order chi connectivity index (χ1) is 14.2. The molecule has 0 unspecified atom stereocenters. The van der Waals surface area contributed by atoms with E-state index in [0.29, 0.717) is 30.6 Å². The monoisotopic (exact) mass is 419 g/mol. The number of hydrogen-bond acceptors (Lipinski definition) is 5. The molecule has 0 spiro atoms. The van der Waals surface area contributed by atoms with Crippen LogP contribution in [0, 0.1) is 17.8 Å². The Hall–Kier alpha value is -2.12. The van der Waals surface area contributed by atoms with Crippen molar-refractivity contribution >= 4 is 23.8 Å². The highest BCUT2D eigenvalue weighted by Crippen LogP contribution is 2.55. The van der Waals surface area contributed by atoms with E-state index in [1.54, 1.807) is 6.92 Å². The summed E-state index contributed by atoms with van der Waals surface area (Å²) in [5.74, 6) is 0.637. The van der Waals surface area contributed by atoms with Crippen LogP contribution in [-0.2, 0) is 19.1 Å². The number of nitrogens with one attached hydrogen (secondary N) is 2. The van der Waals surface area contributed by atoms with E-state index >= 15 is 0 Å². The van der Waals surface area contributed by atoms with Crippen LogP contribution in [0.3, 0.4) is 0 Å². The second-order valence-electron chi connectivity index (χ2n) is 9.93. The molecule has 5 fully saturated rings. The largest absolute Gasteiger partial charge is 0.451 e. The van der Waals surface area contributed by atoms with Gasteiger partial charge in [-0.25, -0.2) is 4.79 Å². The van der Waals surface area contributed by atoms with Crippen molar-refractivity contribution in [3.8, 4) is 0 Å². The van der Waals surface area contributed by atoms with Gasteiger partial charge in [0.2, 0.25) is 0 Å². The van der Waals surface area contributed by atoms with E-state index in [2.05, 4.69) is 10.6 Å². The van der Waals surface area contributed by atoms with Gasteiger partial charge in [0.25, 0.3) is 11.8 Å². The van der Waals surface area contributed by atoms with Crippen LogP contribution in [0.15, 0.2) is 0 Å². The molecule has 5 rings (SSSR count). The number of rotatable bonds is 7. The van der Waals surface area contributed by atoms with E-state index in [1.807, 2.05) is 13.8 Å². The van der Waals surface area contributed by atoms with Crippen molar-refractivity contribution in [1.82, 2.24) is 15.5 Å². The fraction of sp³-hybridized carbons (Fsp3) is 0.818. The van der Waals surface area contributed by atoms with Gasteiger partial charge in [-0.3, -0.25) is 19.3 Å². The SMILES string of the molecule is CCC1(CC)NC(=O)N(CC(=O)O[C@@H](C)C(=O)NC23CC4CC(CC(C4)C2)C3)C1=O. The van der Waals surface area contributed by atoms with Crippen molar-refractivity contribution in [2.75, 3.05) is 6.54 Å². The molecule has 1 saturated heterocycles. The molecule has 1 atom stereocenters. The van der Waals surface area contributed by atoms with Crippen LogP contribution in [0.5, 0.6) is 0 Å². The highest BCUT2D eigenvalue weighted by molar-refractivity contribution is 6.08. The maximum absolute atomic E-state index is 12.8. The Balaban J connectivity index is 1.32. The summed E-state index contributed by atoms with van der Waals surface area (Å²) in [5, 5.41) is 5.88. The van der Waals surface area contributed by atoms with Crippen molar-refractivity contribution in [3.05, 3.63) is 0 Å². The Morgan fingerprint density at radius 1 is 1.10 bits per heavy atom. The van der Waals surface area contributed by atoms with Gasteiger partial charge in [0.05, 0.1) is 0 Å². The normalized spacial score (nSPS) is 34.6. The lowest BCUT2D eigenvalue weighted by Crippen LogP contribution is -2.61. The summed E-state index contributed by atoms with van der Waals surface area (Å²) >= 11 is 0. The van der Waals surface area contributed by atoms with Crippen molar-refractivity contribution in [2.24, 2.45) is 17.8 Å². The van der Waals surface area contributed by atoms with E-state index < -0.39 is 36.1 Å². The molecule has 4 aliphatic carbocycles. The minimum atomic E-state index is -0.964. The molecule has 0 aromatic rings. The number of hydrogen-bond donors (Lipinski definition) is 2. The Morgan fingerprint density at radius 3 is 2.10 bits per heavy atom. The maximum atomic E-state index is 12.8. The predicted octanol–water partition coefficient (Wildman–Crippen LogP) is 2.11. The predicted molar refractivity (Wildman–Crippen MR) is 108 cm³/mol. The Kier molecular flexibility index (Phi) is 5.31. The first-order valence-electron chi connectivity index (χ1n) is 11.3. The molecular formula is C22H33N3O5. The van der Waals surface area contributed by atoms with Gasteiger partial charge in [0, 0.05) is 5.54 Å². The minimum Gasteiger partial charge on any atom is -0.451 e. The fourth-order valence-corrected chi connectivity index (χ4v) is 6.59.